The molecule has 0 bridgehead atoms. The topological polar surface area (TPSA) is 80.9 Å². The van der Waals surface area contributed by atoms with Gasteiger partial charge < -0.3 is 11.1 Å². The number of nitrogens with zero attached hydrogens (tertiary/aromatic N) is 2. The maximum atomic E-state index is 11.9. The molecule has 0 saturated carbocycles. The second kappa shape index (κ2) is 4.68. The van der Waals surface area contributed by atoms with Gasteiger partial charge in [-0.05, 0) is 19.1 Å². The average molecular weight is 269 g/mol. The molecular weight excluding hydrogens is 260 g/mol. The summed E-state index contributed by atoms with van der Waals surface area (Å²) in [6.45, 7) is 1.74. The molecule has 0 aliphatic carbocycles. The van der Waals surface area contributed by atoms with Gasteiger partial charge in [0.25, 0.3) is 5.91 Å². The molecule has 0 aliphatic rings. The van der Waals surface area contributed by atoms with Gasteiger partial charge in [0.1, 0.15) is 10.0 Å². The number of carbonyl (C=O) groups is 1. The van der Waals surface area contributed by atoms with E-state index in [1.54, 1.807) is 19.1 Å². The molecular formula is C10H9ClN4OS. The van der Waals surface area contributed by atoms with Crippen LogP contribution in [0.2, 0.25) is 5.15 Å². The highest BCUT2D eigenvalue weighted by Gasteiger charge is 2.14. The van der Waals surface area contributed by atoms with Crippen molar-refractivity contribution in [2.45, 2.75) is 6.92 Å². The molecule has 2 rings (SSSR count). The first kappa shape index (κ1) is 11.8. The Morgan fingerprint density at radius 3 is 2.94 bits per heavy atom. The third-order valence-corrected chi connectivity index (χ3v) is 3.20. The van der Waals surface area contributed by atoms with Gasteiger partial charge in [0.05, 0.1) is 5.69 Å². The molecule has 0 atom stereocenters. The Hall–Kier alpha value is -1.66. The summed E-state index contributed by atoms with van der Waals surface area (Å²) < 4.78 is 0. The molecule has 88 valence electrons. The Labute approximate surface area is 107 Å². The molecule has 7 heteroatoms. The lowest BCUT2D eigenvalue weighted by Gasteiger charge is -2.03. The van der Waals surface area contributed by atoms with Crippen LogP contribution in [0.25, 0.3) is 0 Å². The van der Waals surface area contributed by atoms with Gasteiger partial charge in [0.15, 0.2) is 5.13 Å². The van der Waals surface area contributed by atoms with Crippen LogP contribution in [-0.4, -0.2) is 15.9 Å². The zero-order valence-electron chi connectivity index (χ0n) is 8.90. The largest absolute Gasteiger partial charge is 0.375 e. The van der Waals surface area contributed by atoms with E-state index in [1.165, 1.54) is 6.20 Å². The highest BCUT2D eigenvalue weighted by Crippen LogP contribution is 2.21. The zero-order chi connectivity index (χ0) is 12.4. The average Bonchev–Trinajstić information content (AvgIpc) is 2.58. The highest BCUT2D eigenvalue weighted by molar-refractivity contribution is 7.17. The molecule has 0 aliphatic heterocycles. The number of amides is 1. The fraction of sp³-hybridized carbons (Fsp3) is 0.100. The van der Waals surface area contributed by atoms with E-state index in [2.05, 4.69) is 15.3 Å². The van der Waals surface area contributed by atoms with Gasteiger partial charge in [0, 0.05) is 11.9 Å². The van der Waals surface area contributed by atoms with E-state index in [0.717, 1.165) is 11.3 Å². The van der Waals surface area contributed by atoms with Crippen molar-refractivity contribution in [1.29, 1.82) is 0 Å². The molecule has 1 amide bonds. The Morgan fingerprint density at radius 1 is 1.59 bits per heavy atom. The van der Waals surface area contributed by atoms with Crippen molar-refractivity contribution in [1.82, 2.24) is 9.97 Å². The molecule has 0 unspecified atom stereocenters. The van der Waals surface area contributed by atoms with Crippen LogP contribution in [0.4, 0.5) is 10.8 Å². The number of nitrogens with one attached hydrogen (secondary N) is 1. The number of anilines is 2. The van der Waals surface area contributed by atoms with Crippen LogP contribution in [0.3, 0.4) is 0 Å². The van der Waals surface area contributed by atoms with Gasteiger partial charge in [-0.3, -0.25) is 4.79 Å². The Kier molecular flexibility index (Phi) is 3.26. The number of carbonyl (C=O) groups excluding carboxylic acids is 1. The maximum absolute atomic E-state index is 11.9. The molecule has 0 radical (unpaired) electrons. The fourth-order valence-electron chi connectivity index (χ4n) is 1.30. The minimum atomic E-state index is -0.251. The summed E-state index contributed by atoms with van der Waals surface area (Å²) in [5.41, 5.74) is 6.73. The first-order chi connectivity index (χ1) is 8.06. The van der Waals surface area contributed by atoms with Gasteiger partial charge in [-0.2, -0.15) is 0 Å². The summed E-state index contributed by atoms with van der Waals surface area (Å²) in [6.07, 6.45) is 1.52. The van der Waals surface area contributed by atoms with Crippen LogP contribution in [0.15, 0.2) is 18.3 Å². The number of rotatable bonds is 2. The number of hydrogen-bond donors (Lipinski definition) is 2. The summed E-state index contributed by atoms with van der Waals surface area (Å²) in [5, 5.41) is 3.40. The van der Waals surface area contributed by atoms with Crippen molar-refractivity contribution < 1.29 is 4.79 Å². The molecule has 2 heterocycles. The van der Waals surface area contributed by atoms with Crippen LogP contribution in [-0.2, 0) is 0 Å². The van der Waals surface area contributed by atoms with Gasteiger partial charge in [-0.15, -0.1) is 0 Å². The molecule has 0 spiro atoms. The molecule has 17 heavy (non-hydrogen) atoms. The van der Waals surface area contributed by atoms with E-state index in [4.69, 9.17) is 17.3 Å². The zero-order valence-corrected chi connectivity index (χ0v) is 10.5. The number of nitrogen functional groups attached to an aromatic ring is 1. The Bertz CT molecular complexity index is 569. The number of hydrogen-bond acceptors (Lipinski definition) is 5. The standard InChI is InChI=1S/C10H9ClN4OS/c1-5-8(17-10(12)14-5)9(16)15-6-2-3-13-7(11)4-6/h2-4H,1H3,(H2,12,14)(H,13,15,16). The van der Waals surface area contributed by atoms with Gasteiger partial charge in [0.2, 0.25) is 0 Å². The van der Waals surface area contributed by atoms with E-state index >= 15 is 0 Å². The summed E-state index contributed by atoms with van der Waals surface area (Å²) >= 11 is 6.87. The van der Waals surface area contributed by atoms with Gasteiger partial charge >= 0.3 is 0 Å². The first-order valence-electron chi connectivity index (χ1n) is 4.72. The van der Waals surface area contributed by atoms with Crippen molar-refractivity contribution in [3.63, 3.8) is 0 Å². The molecule has 3 N–H and O–H groups in total. The third kappa shape index (κ3) is 2.72. The van der Waals surface area contributed by atoms with Gasteiger partial charge in [-0.25, -0.2) is 9.97 Å². The molecule has 0 aromatic carbocycles. The smallest absolute Gasteiger partial charge is 0.267 e. The van der Waals surface area contributed by atoms with Crippen molar-refractivity contribution in [2.24, 2.45) is 0 Å². The summed E-state index contributed by atoms with van der Waals surface area (Å²) in [6, 6.07) is 3.22. The van der Waals surface area contributed by atoms with E-state index in [-0.39, 0.29) is 5.91 Å². The van der Waals surface area contributed by atoms with E-state index < -0.39 is 0 Å². The van der Waals surface area contributed by atoms with Crippen LogP contribution >= 0.6 is 22.9 Å². The lowest BCUT2D eigenvalue weighted by Crippen LogP contribution is -2.11. The Morgan fingerprint density at radius 2 is 2.35 bits per heavy atom. The number of aryl methyl sites for hydroxylation is 1. The predicted octanol–water partition coefficient (Wildman–Crippen LogP) is 2.33. The number of halogens is 1. The number of pyridine rings is 1. The van der Waals surface area contributed by atoms with Crippen molar-refractivity contribution in [3.8, 4) is 0 Å². The lowest BCUT2D eigenvalue weighted by atomic mass is 10.3. The van der Waals surface area contributed by atoms with E-state index in [1.807, 2.05) is 0 Å². The fourth-order valence-corrected chi connectivity index (χ4v) is 2.20. The van der Waals surface area contributed by atoms with Crippen molar-refractivity contribution in [3.05, 3.63) is 34.1 Å². The van der Waals surface area contributed by atoms with E-state index in [9.17, 15) is 4.79 Å². The van der Waals surface area contributed by atoms with E-state index in [0.29, 0.717) is 26.5 Å². The second-order valence-electron chi connectivity index (χ2n) is 3.29. The third-order valence-electron chi connectivity index (χ3n) is 2.00. The van der Waals surface area contributed by atoms with Crippen LogP contribution in [0.5, 0.6) is 0 Å². The van der Waals surface area contributed by atoms with Crippen LogP contribution < -0.4 is 11.1 Å². The number of aromatic nitrogens is 2. The molecule has 2 aromatic rings. The molecule has 5 nitrogen and oxygen atoms in total. The lowest BCUT2D eigenvalue weighted by molar-refractivity contribution is 0.103. The monoisotopic (exact) mass is 268 g/mol. The summed E-state index contributed by atoms with van der Waals surface area (Å²) in [4.78, 5) is 20.2. The minimum absolute atomic E-state index is 0.251. The van der Waals surface area contributed by atoms with Gasteiger partial charge in [-0.1, -0.05) is 22.9 Å². The normalized spacial score (nSPS) is 10.2. The predicted molar refractivity (Wildman–Crippen MR) is 68.5 cm³/mol. The van der Waals surface area contributed by atoms with Crippen molar-refractivity contribution >= 4 is 39.7 Å². The van der Waals surface area contributed by atoms with Crippen molar-refractivity contribution in [2.75, 3.05) is 11.1 Å². The first-order valence-corrected chi connectivity index (χ1v) is 5.91. The summed E-state index contributed by atoms with van der Waals surface area (Å²) in [7, 11) is 0. The minimum Gasteiger partial charge on any atom is -0.375 e. The quantitative estimate of drug-likeness (QED) is 0.819. The maximum Gasteiger partial charge on any atom is 0.267 e. The molecule has 0 saturated heterocycles. The SMILES string of the molecule is Cc1nc(N)sc1C(=O)Nc1ccnc(Cl)c1. The van der Waals surface area contributed by atoms with Crippen LogP contribution in [0.1, 0.15) is 15.4 Å². The summed E-state index contributed by atoms with van der Waals surface area (Å²) in [5.74, 6) is -0.251. The highest BCUT2D eigenvalue weighted by atomic mass is 35.5. The molecule has 0 fully saturated rings. The van der Waals surface area contributed by atoms with Crippen LogP contribution in [0, 0.1) is 6.92 Å². The number of thiazole rings is 1. The number of nitrogens with two attached hydrogens (primary N) is 1. The Balaban J connectivity index is 2.20. The second-order valence-corrected chi connectivity index (χ2v) is 4.71. The molecule has 2 aromatic heterocycles.